The maximum Gasteiger partial charge on any atom is 0.160 e. The number of nitrogens with two attached hydrogens (primary N) is 2. The van der Waals surface area contributed by atoms with E-state index in [1.165, 1.54) is 24.3 Å². The Morgan fingerprint density at radius 2 is 1.09 bits per heavy atom. The number of anilines is 2. The van der Waals surface area contributed by atoms with E-state index < -0.39 is 0 Å². The number of aromatic hydroxyl groups is 2. The second-order valence-corrected chi connectivity index (χ2v) is 7.24. The first-order chi connectivity index (χ1) is 16.4. The number of terminal acetylenes is 3. The van der Waals surface area contributed by atoms with E-state index in [1.807, 2.05) is 0 Å². The van der Waals surface area contributed by atoms with Crippen LogP contribution in [-0.4, -0.2) is 10.2 Å². The lowest BCUT2D eigenvalue weighted by molar-refractivity contribution is 0.455. The van der Waals surface area contributed by atoms with Gasteiger partial charge < -0.3 is 31.2 Å². The van der Waals surface area contributed by atoms with Gasteiger partial charge in [-0.05, 0) is 42.5 Å². The van der Waals surface area contributed by atoms with Crippen LogP contribution in [-0.2, 0) is 0 Å². The summed E-state index contributed by atoms with van der Waals surface area (Å²) in [5.74, 6) is 8.91. The van der Waals surface area contributed by atoms with Gasteiger partial charge in [0.05, 0.1) is 28.1 Å². The second-order valence-electron chi connectivity index (χ2n) is 7.24. The fraction of sp³-hybridized carbons (Fsp3) is 0. The summed E-state index contributed by atoms with van der Waals surface area (Å²) in [5, 5.41) is 21.0. The minimum atomic E-state index is -0.143. The van der Waals surface area contributed by atoms with E-state index in [1.54, 1.807) is 30.3 Å². The summed E-state index contributed by atoms with van der Waals surface area (Å²) >= 11 is 0. The summed E-state index contributed by atoms with van der Waals surface area (Å²) in [5.41, 5.74) is 12.8. The Hall–Kier alpha value is -5.38. The zero-order chi connectivity index (χ0) is 24.4. The lowest BCUT2D eigenvalue weighted by Gasteiger charge is -2.17. The van der Waals surface area contributed by atoms with Crippen molar-refractivity contribution in [3.63, 3.8) is 0 Å². The minimum absolute atomic E-state index is 0.0951. The van der Waals surface area contributed by atoms with E-state index in [4.69, 9.17) is 40.2 Å². The van der Waals surface area contributed by atoms with Gasteiger partial charge in [0.15, 0.2) is 5.75 Å². The molecule has 0 amide bonds. The van der Waals surface area contributed by atoms with Crippen molar-refractivity contribution in [3.8, 4) is 71.5 Å². The molecule has 0 aliphatic rings. The molecule has 34 heavy (non-hydrogen) atoms. The molecule has 0 aliphatic carbocycles. The van der Waals surface area contributed by atoms with Crippen LogP contribution in [0.1, 0.15) is 16.7 Å². The van der Waals surface area contributed by atoms with Gasteiger partial charge in [0, 0.05) is 22.9 Å². The fourth-order valence-electron chi connectivity index (χ4n) is 3.47. The van der Waals surface area contributed by atoms with E-state index in [0.717, 1.165) is 0 Å². The number of phenolic OH excluding ortho intramolecular Hbond substituents is 2. The largest absolute Gasteiger partial charge is 0.506 e. The average molecular weight is 446 g/mol. The van der Waals surface area contributed by atoms with Crippen LogP contribution in [0.25, 0.3) is 10.8 Å². The molecule has 0 saturated carbocycles. The average Bonchev–Trinajstić information content (AvgIpc) is 2.83. The summed E-state index contributed by atoms with van der Waals surface area (Å²) in [7, 11) is 0. The summed E-state index contributed by atoms with van der Waals surface area (Å²) in [6.07, 6.45) is 17.5. The van der Waals surface area contributed by atoms with E-state index in [-0.39, 0.29) is 39.9 Å². The predicted molar refractivity (Wildman–Crippen MR) is 133 cm³/mol. The summed E-state index contributed by atoms with van der Waals surface area (Å²) in [4.78, 5) is 0. The third-order valence-electron chi connectivity index (χ3n) is 5.13. The molecule has 4 aromatic carbocycles. The van der Waals surface area contributed by atoms with Crippen LogP contribution < -0.4 is 20.9 Å². The van der Waals surface area contributed by atoms with Crippen molar-refractivity contribution in [2.24, 2.45) is 0 Å². The maximum absolute atomic E-state index is 9.93. The molecule has 0 fully saturated rings. The van der Waals surface area contributed by atoms with Gasteiger partial charge in [0.2, 0.25) is 0 Å². The molecule has 6 N–H and O–H groups in total. The highest BCUT2D eigenvalue weighted by atomic mass is 16.5. The van der Waals surface area contributed by atoms with Crippen LogP contribution in [0.15, 0.2) is 54.6 Å². The number of phenols is 2. The number of hydrogen-bond donors (Lipinski definition) is 4. The molecule has 6 heteroatoms. The third-order valence-corrected chi connectivity index (χ3v) is 5.13. The monoisotopic (exact) mass is 446 g/mol. The lowest BCUT2D eigenvalue weighted by atomic mass is 9.93. The van der Waals surface area contributed by atoms with Gasteiger partial charge in [0.1, 0.15) is 28.7 Å². The zero-order valence-electron chi connectivity index (χ0n) is 17.8. The molecule has 0 atom stereocenters. The highest BCUT2D eigenvalue weighted by molar-refractivity contribution is 5.98. The van der Waals surface area contributed by atoms with Crippen molar-refractivity contribution in [3.05, 3.63) is 71.3 Å². The molecule has 0 unspecified atom stereocenters. The molecule has 164 valence electrons. The SMILES string of the molecule is C#Cc1c(Oc2ccc(N)c(O)c2)c(C#C)c2ccc(Oc3ccc(N)c(O)c3)cc2c1C#C. The van der Waals surface area contributed by atoms with Crippen molar-refractivity contribution in [2.75, 3.05) is 11.5 Å². The predicted octanol–water partition coefficient (Wildman–Crippen LogP) is 4.94. The van der Waals surface area contributed by atoms with Crippen molar-refractivity contribution in [1.82, 2.24) is 0 Å². The molecule has 0 spiro atoms. The first-order valence-electron chi connectivity index (χ1n) is 9.92. The van der Waals surface area contributed by atoms with Crippen molar-refractivity contribution < 1.29 is 19.7 Å². The van der Waals surface area contributed by atoms with Crippen molar-refractivity contribution >= 4 is 22.1 Å². The molecule has 0 saturated heterocycles. The Labute approximate surface area is 196 Å². The van der Waals surface area contributed by atoms with Gasteiger partial charge in [-0.2, -0.15) is 0 Å². The van der Waals surface area contributed by atoms with E-state index in [0.29, 0.717) is 33.4 Å². The quantitative estimate of drug-likeness (QED) is 0.201. The van der Waals surface area contributed by atoms with Gasteiger partial charge in [-0.1, -0.05) is 17.8 Å². The van der Waals surface area contributed by atoms with Crippen LogP contribution in [0.2, 0.25) is 0 Å². The molecular formula is C28H18N2O4. The topological polar surface area (TPSA) is 111 Å². The van der Waals surface area contributed by atoms with Gasteiger partial charge in [-0.3, -0.25) is 0 Å². The van der Waals surface area contributed by atoms with Crippen molar-refractivity contribution in [1.29, 1.82) is 0 Å². The van der Waals surface area contributed by atoms with E-state index in [9.17, 15) is 10.2 Å². The van der Waals surface area contributed by atoms with Crippen LogP contribution in [0.3, 0.4) is 0 Å². The highest BCUT2D eigenvalue weighted by Gasteiger charge is 2.20. The summed E-state index contributed by atoms with van der Waals surface area (Å²) in [6, 6.07) is 14.1. The second kappa shape index (κ2) is 8.63. The molecule has 0 aliphatic heterocycles. The van der Waals surface area contributed by atoms with Crippen LogP contribution in [0.5, 0.6) is 34.5 Å². The first kappa shape index (κ1) is 21.8. The molecule has 6 nitrogen and oxygen atoms in total. The van der Waals surface area contributed by atoms with Gasteiger partial charge in [0.25, 0.3) is 0 Å². The van der Waals surface area contributed by atoms with Gasteiger partial charge in [-0.25, -0.2) is 0 Å². The third kappa shape index (κ3) is 3.82. The maximum atomic E-state index is 9.93. The molecule has 4 aromatic rings. The van der Waals surface area contributed by atoms with E-state index in [2.05, 4.69) is 17.8 Å². The molecule has 0 aromatic heterocycles. The van der Waals surface area contributed by atoms with E-state index >= 15 is 0 Å². The van der Waals surface area contributed by atoms with Crippen molar-refractivity contribution in [2.45, 2.75) is 0 Å². The number of rotatable bonds is 4. The molecule has 0 radical (unpaired) electrons. The number of fused-ring (bicyclic) bond motifs is 1. The standard InChI is InChI=1S/C28H18N2O4/c1-4-19-20(5-2)28(34-18-9-12-25(30)27(32)15-18)21(6-3)22-10-7-16(13-23(19)22)33-17-8-11-24(29)26(31)14-17/h1-3,7-15,31-32H,29-30H2. The first-order valence-corrected chi connectivity index (χ1v) is 9.92. The van der Waals surface area contributed by atoms with Crippen LogP contribution in [0.4, 0.5) is 11.4 Å². The Balaban J connectivity index is 1.88. The zero-order valence-corrected chi connectivity index (χ0v) is 17.8. The fourth-order valence-corrected chi connectivity index (χ4v) is 3.47. The van der Waals surface area contributed by atoms with Gasteiger partial charge >= 0.3 is 0 Å². The Morgan fingerprint density at radius 3 is 1.62 bits per heavy atom. The molecule has 0 heterocycles. The number of benzene rings is 4. The highest BCUT2D eigenvalue weighted by Crippen LogP contribution is 2.40. The lowest BCUT2D eigenvalue weighted by Crippen LogP contribution is -1.99. The molecular weight excluding hydrogens is 428 g/mol. The minimum Gasteiger partial charge on any atom is -0.506 e. The number of hydrogen-bond acceptors (Lipinski definition) is 6. The van der Waals surface area contributed by atoms with Gasteiger partial charge in [-0.15, -0.1) is 19.3 Å². The molecule has 4 rings (SSSR count). The summed E-state index contributed by atoms with van der Waals surface area (Å²) in [6.45, 7) is 0. The Morgan fingerprint density at radius 1 is 0.588 bits per heavy atom. The normalized spacial score (nSPS) is 10.1. The summed E-state index contributed by atoms with van der Waals surface area (Å²) < 4.78 is 11.9. The van der Waals surface area contributed by atoms with Crippen LogP contribution >= 0.6 is 0 Å². The smallest absolute Gasteiger partial charge is 0.160 e. The Bertz CT molecular complexity index is 1580. The number of ether oxygens (including phenoxy) is 2. The number of nitrogen functional groups attached to an aromatic ring is 2. The molecule has 0 bridgehead atoms. The van der Waals surface area contributed by atoms with Crippen LogP contribution in [0, 0.1) is 37.0 Å². The Kier molecular flexibility index (Phi) is 5.54.